The SMILES string of the molecule is C[C@@H](C(=O)Nc1cccc(N2CCNC2=O)c1)n1cncn1. The monoisotopic (exact) mass is 300 g/mol. The van der Waals surface area contributed by atoms with Crippen LogP contribution < -0.4 is 15.5 Å². The minimum Gasteiger partial charge on any atom is -0.336 e. The number of aromatic nitrogens is 3. The standard InChI is InChI=1S/C14H16N6O2/c1-10(20-9-15-8-17-20)13(21)18-11-3-2-4-12(7-11)19-6-5-16-14(19)22/h2-4,7-10H,5-6H2,1H3,(H,16,22)(H,18,21)/t10-/m0/s1. The van der Waals surface area contributed by atoms with Crippen LogP contribution in [0.1, 0.15) is 13.0 Å². The molecule has 114 valence electrons. The van der Waals surface area contributed by atoms with Gasteiger partial charge >= 0.3 is 6.03 Å². The van der Waals surface area contributed by atoms with Gasteiger partial charge in [-0.1, -0.05) is 6.07 Å². The Labute approximate surface area is 127 Å². The van der Waals surface area contributed by atoms with E-state index in [2.05, 4.69) is 20.7 Å². The second-order valence-corrected chi connectivity index (χ2v) is 4.97. The molecule has 3 rings (SSSR count). The normalized spacial score (nSPS) is 15.5. The molecule has 0 spiro atoms. The Balaban J connectivity index is 1.73. The van der Waals surface area contributed by atoms with Crippen LogP contribution in [0.3, 0.4) is 0 Å². The van der Waals surface area contributed by atoms with Crippen LogP contribution in [0.15, 0.2) is 36.9 Å². The first-order valence-electron chi connectivity index (χ1n) is 6.95. The second kappa shape index (κ2) is 5.84. The molecular weight excluding hydrogens is 284 g/mol. The van der Waals surface area contributed by atoms with Crippen molar-refractivity contribution >= 4 is 23.3 Å². The van der Waals surface area contributed by atoms with E-state index in [1.807, 2.05) is 6.07 Å². The van der Waals surface area contributed by atoms with Crippen molar-refractivity contribution in [2.24, 2.45) is 0 Å². The molecule has 0 unspecified atom stereocenters. The van der Waals surface area contributed by atoms with Crippen LogP contribution in [0.4, 0.5) is 16.2 Å². The summed E-state index contributed by atoms with van der Waals surface area (Å²) < 4.78 is 1.48. The molecule has 1 aliphatic heterocycles. The van der Waals surface area contributed by atoms with E-state index in [1.165, 1.54) is 17.3 Å². The van der Waals surface area contributed by atoms with Gasteiger partial charge in [0.1, 0.15) is 18.7 Å². The van der Waals surface area contributed by atoms with Gasteiger partial charge in [0.25, 0.3) is 0 Å². The summed E-state index contributed by atoms with van der Waals surface area (Å²) in [6.07, 6.45) is 2.88. The molecule has 1 aliphatic rings. The number of urea groups is 1. The third-order valence-corrected chi connectivity index (χ3v) is 3.50. The van der Waals surface area contributed by atoms with Crippen molar-refractivity contribution in [2.75, 3.05) is 23.3 Å². The van der Waals surface area contributed by atoms with Crippen LogP contribution >= 0.6 is 0 Å². The van der Waals surface area contributed by atoms with Gasteiger partial charge in [0, 0.05) is 24.5 Å². The first kappa shape index (κ1) is 14.1. The molecule has 2 heterocycles. The summed E-state index contributed by atoms with van der Waals surface area (Å²) in [6, 6.07) is 6.60. The van der Waals surface area contributed by atoms with Crippen LogP contribution in [0, 0.1) is 0 Å². The molecule has 0 saturated carbocycles. The molecule has 1 saturated heterocycles. The van der Waals surface area contributed by atoms with E-state index in [9.17, 15) is 9.59 Å². The molecule has 22 heavy (non-hydrogen) atoms. The maximum Gasteiger partial charge on any atom is 0.321 e. The summed E-state index contributed by atoms with van der Waals surface area (Å²) in [5.41, 5.74) is 1.38. The zero-order valence-corrected chi connectivity index (χ0v) is 12.1. The molecule has 2 N–H and O–H groups in total. The largest absolute Gasteiger partial charge is 0.336 e. The van der Waals surface area contributed by atoms with Gasteiger partial charge < -0.3 is 10.6 Å². The molecule has 8 heteroatoms. The Morgan fingerprint density at radius 1 is 1.45 bits per heavy atom. The molecule has 0 bridgehead atoms. The molecule has 1 fully saturated rings. The summed E-state index contributed by atoms with van der Waals surface area (Å²) >= 11 is 0. The van der Waals surface area contributed by atoms with Gasteiger partial charge in [-0.3, -0.25) is 9.69 Å². The van der Waals surface area contributed by atoms with E-state index in [-0.39, 0.29) is 11.9 Å². The lowest BCUT2D eigenvalue weighted by Crippen LogP contribution is -2.28. The quantitative estimate of drug-likeness (QED) is 0.881. The van der Waals surface area contributed by atoms with Crippen molar-refractivity contribution < 1.29 is 9.59 Å². The fourth-order valence-corrected chi connectivity index (χ4v) is 2.25. The molecule has 3 amide bonds. The molecule has 0 radical (unpaired) electrons. The number of nitrogens with zero attached hydrogens (tertiary/aromatic N) is 4. The van der Waals surface area contributed by atoms with E-state index in [4.69, 9.17) is 0 Å². The Morgan fingerprint density at radius 3 is 3.00 bits per heavy atom. The van der Waals surface area contributed by atoms with Crippen molar-refractivity contribution in [1.29, 1.82) is 0 Å². The van der Waals surface area contributed by atoms with Gasteiger partial charge in [0.15, 0.2) is 0 Å². The highest BCUT2D eigenvalue weighted by Crippen LogP contribution is 2.21. The summed E-state index contributed by atoms with van der Waals surface area (Å²) in [5.74, 6) is -0.200. The van der Waals surface area contributed by atoms with Gasteiger partial charge in [-0.25, -0.2) is 14.5 Å². The number of carbonyl (C=O) groups is 2. The van der Waals surface area contributed by atoms with Crippen LogP contribution in [-0.4, -0.2) is 39.8 Å². The number of rotatable bonds is 4. The lowest BCUT2D eigenvalue weighted by molar-refractivity contribution is -0.119. The van der Waals surface area contributed by atoms with Gasteiger partial charge in [0.05, 0.1) is 0 Å². The maximum absolute atomic E-state index is 12.2. The molecule has 1 atom stereocenters. The Hall–Kier alpha value is -2.90. The average Bonchev–Trinajstić information content (AvgIpc) is 3.18. The van der Waals surface area contributed by atoms with Gasteiger partial charge in [-0.2, -0.15) is 5.10 Å². The van der Waals surface area contributed by atoms with Crippen molar-refractivity contribution in [1.82, 2.24) is 20.1 Å². The first-order valence-corrected chi connectivity index (χ1v) is 6.95. The highest BCUT2D eigenvalue weighted by Gasteiger charge is 2.21. The van der Waals surface area contributed by atoms with Gasteiger partial charge in [-0.05, 0) is 25.1 Å². The number of carbonyl (C=O) groups excluding carboxylic acids is 2. The topological polar surface area (TPSA) is 92.2 Å². The Morgan fingerprint density at radius 2 is 2.32 bits per heavy atom. The van der Waals surface area contributed by atoms with E-state index in [1.54, 1.807) is 30.0 Å². The number of hydrogen-bond acceptors (Lipinski definition) is 4. The van der Waals surface area contributed by atoms with E-state index < -0.39 is 6.04 Å². The fraction of sp³-hybridized carbons (Fsp3) is 0.286. The average molecular weight is 300 g/mol. The van der Waals surface area contributed by atoms with Crippen LogP contribution in [0.25, 0.3) is 0 Å². The lowest BCUT2D eigenvalue weighted by atomic mass is 10.2. The van der Waals surface area contributed by atoms with E-state index in [0.29, 0.717) is 18.8 Å². The number of benzene rings is 1. The van der Waals surface area contributed by atoms with Gasteiger partial charge in [-0.15, -0.1) is 0 Å². The molecule has 0 aliphatic carbocycles. The van der Waals surface area contributed by atoms with Crippen molar-refractivity contribution in [3.63, 3.8) is 0 Å². The Kier molecular flexibility index (Phi) is 3.73. The third-order valence-electron chi connectivity index (χ3n) is 3.50. The lowest BCUT2D eigenvalue weighted by Gasteiger charge is -2.16. The first-order chi connectivity index (χ1) is 10.6. The minimum absolute atomic E-state index is 0.125. The summed E-state index contributed by atoms with van der Waals surface area (Å²) in [5, 5.41) is 9.52. The van der Waals surface area contributed by atoms with Crippen molar-refractivity contribution in [3.8, 4) is 0 Å². The van der Waals surface area contributed by atoms with Crippen LogP contribution in [0.2, 0.25) is 0 Å². The highest BCUT2D eigenvalue weighted by molar-refractivity contribution is 5.96. The number of hydrogen-bond donors (Lipinski definition) is 2. The fourth-order valence-electron chi connectivity index (χ4n) is 2.25. The predicted octanol–water partition coefficient (Wildman–Crippen LogP) is 1.01. The highest BCUT2D eigenvalue weighted by atomic mass is 16.2. The van der Waals surface area contributed by atoms with E-state index >= 15 is 0 Å². The maximum atomic E-state index is 12.2. The zero-order chi connectivity index (χ0) is 15.5. The number of amides is 3. The molecule has 8 nitrogen and oxygen atoms in total. The summed E-state index contributed by atoms with van der Waals surface area (Å²) in [4.78, 5) is 29.4. The number of anilines is 2. The van der Waals surface area contributed by atoms with Crippen LogP contribution in [0.5, 0.6) is 0 Å². The van der Waals surface area contributed by atoms with E-state index in [0.717, 1.165) is 5.69 Å². The second-order valence-electron chi connectivity index (χ2n) is 4.97. The van der Waals surface area contributed by atoms with Gasteiger partial charge in [0.2, 0.25) is 5.91 Å². The molecular formula is C14H16N6O2. The predicted molar refractivity (Wildman–Crippen MR) is 80.5 cm³/mol. The Bertz CT molecular complexity index is 684. The zero-order valence-electron chi connectivity index (χ0n) is 12.1. The van der Waals surface area contributed by atoms with Crippen molar-refractivity contribution in [3.05, 3.63) is 36.9 Å². The summed E-state index contributed by atoms with van der Waals surface area (Å²) in [7, 11) is 0. The molecule has 1 aromatic heterocycles. The molecule has 1 aromatic carbocycles. The third kappa shape index (κ3) is 2.76. The smallest absolute Gasteiger partial charge is 0.321 e. The minimum atomic E-state index is -0.471. The molecule has 2 aromatic rings. The van der Waals surface area contributed by atoms with Crippen molar-refractivity contribution in [2.45, 2.75) is 13.0 Å². The number of nitrogens with one attached hydrogen (secondary N) is 2. The summed E-state index contributed by atoms with van der Waals surface area (Å²) in [6.45, 7) is 2.98. The van der Waals surface area contributed by atoms with Crippen LogP contribution in [-0.2, 0) is 4.79 Å².